The van der Waals surface area contributed by atoms with Crippen molar-refractivity contribution in [3.8, 4) is 5.75 Å². The molecule has 0 unspecified atom stereocenters. The summed E-state index contributed by atoms with van der Waals surface area (Å²) in [6.45, 7) is 6.02. The van der Waals surface area contributed by atoms with Gasteiger partial charge in [-0.05, 0) is 29.7 Å². The first-order chi connectivity index (χ1) is 6.20. The van der Waals surface area contributed by atoms with Crippen molar-refractivity contribution in [3.63, 3.8) is 0 Å². The van der Waals surface area contributed by atoms with Crippen LogP contribution in [0.2, 0.25) is 0 Å². The Balaban J connectivity index is 3.15. The van der Waals surface area contributed by atoms with Gasteiger partial charge in [-0.25, -0.2) is 0 Å². The number of benzene rings is 1. The quantitative estimate of drug-likeness (QED) is 0.737. The number of methoxy groups -OCH3 is 1. The Morgan fingerprint density at radius 1 is 1.54 bits per heavy atom. The Hall–Kier alpha value is -0.760. The fourth-order valence-corrected chi connectivity index (χ4v) is 1.59. The van der Waals surface area contributed by atoms with Crippen LogP contribution >= 0.6 is 15.9 Å². The summed E-state index contributed by atoms with van der Waals surface area (Å²) >= 11 is 3.39. The molecule has 0 aliphatic heterocycles. The average Bonchev–Trinajstić information content (AvgIpc) is 2.17. The van der Waals surface area contributed by atoms with Crippen LogP contribution in [0, 0.1) is 6.92 Å². The van der Waals surface area contributed by atoms with Crippen LogP contribution in [0.3, 0.4) is 0 Å². The van der Waals surface area contributed by atoms with E-state index in [9.17, 15) is 0 Å². The first-order valence-corrected chi connectivity index (χ1v) is 5.20. The lowest BCUT2D eigenvalue weighted by Gasteiger charge is -2.10. The van der Waals surface area contributed by atoms with Gasteiger partial charge in [0.25, 0.3) is 0 Å². The van der Waals surface area contributed by atoms with E-state index in [0.717, 1.165) is 27.8 Å². The fourth-order valence-electron chi connectivity index (χ4n) is 1.29. The molecule has 0 aromatic heterocycles. The minimum Gasteiger partial charge on any atom is -0.496 e. The number of hydrogen-bond acceptors (Lipinski definition) is 1. The second-order valence-electron chi connectivity index (χ2n) is 2.87. The van der Waals surface area contributed by atoms with E-state index < -0.39 is 0 Å². The van der Waals surface area contributed by atoms with E-state index in [1.54, 1.807) is 7.11 Å². The van der Waals surface area contributed by atoms with Crippen LogP contribution in [0.5, 0.6) is 5.75 Å². The molecule has 1 nitrogen and oxygen atoms in total. The maximum atomic E-state index is 5.22. The molecule has 0 saturated carbocycles. The van der Waals surface area contributed by atoms with E-state index in [2.05, 4.69) is 28.6 Å². The number of halogens is 1. The molecule has 0 amide bonds. The zero-order chi connectivity index (χ0) is 9.84. The monoisotopic (exact) mass is 240 g/mol. The maximum Gasteiger partial charge on any atom is 0.122 e. The van der Waals surface area contributed by atoms with Gasteiger partial charge in [-0.15, -0.1) is 0 Å². The van der Waals surface area contributed by atoms with Crippen molar-refractivity contribution in [1.29, 1.82) is 0 Å². The number of ether oxygens (including phenoxy) is 1. The van der Waals surface area contributed by atoms with Crippen LogP contribution in [0.25, 0.3) is 5.57 Å². The van der Waals surface area contributed by atoms with Gasteiger partial charge in [0.05, 0.1) is 7.11 Å². The second-order valence-corrected chi connectivity index (χ2v) is 3.43. The highest BCUT2D eigenvalue weighted by molar-refractivity contribution is 9.09. The van der Waals surface area contributed by atoms with Crippen molar-refractivity contribution >= 4 is 21.5 Å². The first kappa shape index (κ1) is 10.3. The predicted molar refractivity (Wildman–Crippen MR) is 60.6 cm³/mol. The summed E-state index contributed by atoms with van der Waals surface area (Å²) in [5.41, 5.74) is 3.39. The predicted octanol–water partition coefficient (Wildman–Crippen LogP) is 3.41. The second kappa shape index (κ2) is 4.47. The largest absolute Gasteiger partial charge is 0.496 e. The Bertz CT molecular complexity index is 318. The minimum absolute atomic E-state index is 0.793. The minimum atomic E-state index is 0.793. The number of alkyl halides is 1. The molecular weight excluding hydrogens is 228 g/mol. The van der Waals surface area contributed by atoms with E-state index in [0.29, 0.717) is 0 Å². The highest BCUT2D eigenvalue weighted by Gasteiger charge is 2.05. The van der Waals surface area contributed by atoms with Gasteiger partial charge in [0.15, 0.2) is 0 Å². The Kier molecular flexibility index (Phi) is 3.55. The summed E-state index contributed by atoms with van der Waals surface area (Å²) in [7, 11) is 1.68. The van der Waals surface area contributed by atoms with Crippen molar-refractivity contribution in [1.82, 2.24) is 0 Å². The molecule has 0 heterocycles. The lowest BCUT2D eigenvalue weighted by molar-refractivity contribution is 0.411. The average molecular weight is 241 g/mol. The van der Waals surface area contributed by atoms with Gasteiger partial charge in [-0.3, -0.25) is 0 Å². The van der Waals surface area contributed by atoms with Crippen molar-refractivity contribution in [2.75, 3.05) is 12.4 Å². The normalized spacial score (nSPS) is 9.77. The SMILES string of the molecule is C=C(CBr)c1cccc(OC)c1C. The van der Waals surface area contributed by atoms with Gasteiger partial charge in [-0.1, -0.05) is 34.6 Å². The van der Waals surface area contributed by atoms with Gasteiger partial charge in [-0.2, -0.15) is 0 Å². The van der Waals surface area contributed by atoms with Gasteiger partial charge in [0.1, 0.15) is 5.75 Å². The zero-order valence-corrected chi connectivity index (χ0v) is 9.52. The molecule has 0 fully saturated rings. The molecule has 0 N–H and O–H groups in total. The summed E-state index contributed by atoms with van der Waals surface area (Å²) < 4.78 is 5.22. The van der Waals surface area contributed by atoms with Crippen LogP contribution in [-0.4, -0.2) is 12.4 Å². The molecule has 0 atom stereocenters. The molecule has 0 bridgehead atoms. The number of hydrogen-bond donors (Lipinski definition) is 0. The highest BCUT2D eigenvalue weighted by Crippen LogP contribution is 2.26. The van der Waals surface area contributed by atoms with Gasteiger partial charge in [0, 0.05) is 5.33 Å². The third kappa shape index (κ3) is 2.13. The van der Waals surface area contributed by atoms with Gasteiger partial charge >= 0.3 is 0 Å². The summed E-state index contributed by atoms with van der Waals surface area (Å²) in [6.07, 6.45) is 0. The fraction of sp³-hybridized carbons (Fsp3) is 0.273. The van der Waals surface area contributed by atoms with Crippen LogP contribution in [0.15, 0.2) is 24.8 Å². The topological polar surface area (TPSA) is 9.23 Å². The smallest absolute Gasteiger partial charge is 0.122 e. The third-order valence-corrected chi connectivity index (χ3v) is 2.72. The van der Waals surface area contributed by atoms with E-state index in [-0.39, 0.29) is 0 Å². The lowest BCUT2D eigenvalue weighted by Crippen LogP contribution is -1.93. The summed E-state index contributed by atoms with van der Waals surface area (Å²) in [5.74, 6) is 0.916. The number of rotatable bonds is 3. The first-order valence-electron chi connectivity index (χ1n) is 4.08. The summed E-state index contributed by atoms with van der Waals surface area (Å²) in [4.78, 5) is 0. The molecule has 1 rings (SSSR count). The standard InChI is InChI=1S/C11H13BrO/c1-8(7-12)10-5-4-6-11(13-3)9(10)2/h4-6H,1,7H2,2-3H3. The summed E-state index contributed by atoms with van der Waals surface area (Å²) in [5, 5.41) is 0.793. The van der Waals surface area contributed by atoms with Crippen LogP contribution < -0.4 is 4.74 Å². The Labute approximate surface area is 87.5 Å². The van der Waals surface area contributed by atoms with Crippen molar-refractivity contribution in [3.05, 3.63) is 35.9 Å². The molecule has 0 saturated heterocycles. The molecule has 0 spiro atoms. The van der Waals surface area contributed by atoms with Crippen LogP contribution in [-0.2, 0) is 0 Å². The van der Waals surface area contributed by atoms with Crippen molar-refractivity contribution in [2.45, 2.75) is 6.92 Å². The summed E-state index contributed by atoms with van der Waals surface area (Å²) in [6, 6.07) is 6.00. The van der Waals surface area contributed by atoms with E-state index in [4.69, 9.17) is 4.74 Å². The van der Waals surface area contributed by atoms with Gasteiger partial charge < -0.3 is 4.74 Å². The van der Waals surface area contributed by atoms with Crippen molar-refractivity contribution < 1.29 is 4.74 Å². The molecule has 1 aromatic carbocycles. The van der Waals surface area contributed by atoms with Crippen molar-refractivity contribution in [2.24, 2.45) is 0 Å². The maximum absolute atomic E-state index is 5.22. The molecule has 1 aromatic rings. The molecule has 2 heteroatoms. The van der Waals surface area contributed by atoms with E-state index >= 15 is 0 Å². The molecule has 0 aliphatic rings. The van der Waals surface area contributed by atoms with Crippen LogP contribution in [0.1, 0.15) is 11.1 Å². The third-order valence-electron chi connectivity index (χ3n) is 2.05. The highest BCUT2D eigenvalue weighted by atomic mass is 79.9. The molecular formula is C11H13BrO. The number of allylic oxidation sites excluding steroid dienone is 1. The molecule has 0 radical (unpaired) electrons. The Morgan fingerprint density at radius 2 is 2.23 bits per heavy atom. The van der Waals surface area contributed by atoms with E-state index in [1.807, 2.05) is 19.1 Å². The zero-order valence-electron chi connectivity index (χ0n) is 7.93. The molecule has 0 aliphatic carbocycles. The van der Waals surface area contributed by atoms with Gasteiger partial charge in [0.2, 0.25) is 0 Å². The van der Waals surface area contributed by atoms with Crippen LogP contribution in [0.4, 0.5) is 0 Å². The Morgan fingerprint density at radius 3 is 2.77 bits per heavy atom. The van der Waals surface area contributed by atoms with E-state index in [1.165, 1.54) is 0 Å². The lowest BCUT2D eigenvalue weighted by atomic mass is 10.0. The molecule has 70 valence electrons. The molecule has 13 heavy (non-hydrogen) atoms.